The average molecular weight is 414 g/mol. The predicted octanol–water partition coefficient (Wildman–Crippen LogP) is 2.71. The van der Waals surface area contributed by atoms with Crippen LogP contribution in [0.1, 0.15) is 48.9 Å². The van der Waals surface area contributed by atoms with E-state index in [1.165, 1.54) is 0 Å². The summed E-state index contributed by atoms with van der Waals surface area (Å²) in [5, 5.41) is 3.47. The highest BCUT2D eigenvalue weighted by atomic mass is 19.1. The molecular weight excluding hydrogens is 387 g/mol. The third-order valence-corrected chi connectivity index (χ3v) is 5.63. The van der Waals surface area contributed by atoms with Crippen molar-refractivity contribution < 1.29 is 13.9 Å². The molecule has 2 aliphatic rings. The SMILES string of the molecule is NC(=O)c1cccnc1OC1CCC(Nc2ccnc(N3CCCC(F)C3)n2)CC1. The number of nitrogens with one attached hydrogen (secondary N) is 1. The molecule has 1 aliphatic heterocycles. The number of hydrogen-bond acceptors (Lipinski definition) is 7. The van der Waals surface area contributed by atoms with Gasteiger partial charge in [0.2, 0.25) is 11.8 Å². The fourth-order valence-electron chi connectivity index (χ4n) is 4.05. The van der Waals surface area contributed by atoms with Crippen LogP contribution in [-0.2, 0) is 0 Å². The Bertz CT molecular complexity index is 874. The van der Waals surface area contributed by atoms with Gasteiger partial charge in [-0.3, -0.25) is 4.79 Å². The Morgan fingerprint density at radius 2 is 2.00 bits per heavy atom. The molecule has 0 aromatic carbocycles. The van der Waals surface area contributed by atoms with E-state index in [9.17, 15) is 9.18 Å². The number of aromatic nitrogens is 3. The van der Waals surface area contributed by atoms with Gasteiger partial charge in [0.15, 0.2) is 0 Å². The predicted molar refractivity (Wildman–Crippen MR) is 111 cm³/mol. The third-order valence-electron chi connectivity index (χ3n) is 5.63. The number of nitrogens with two attached hydrogens (primary N) is 1. The lowest BCUT2D eigenvalue weighted by atomic mass is 9.93. The fraction of sp³-hybridized carbons (Fsp3) is 0.524. The van der Waals surface area contributed by atoms with Crippen molar-refractivity contribution in [1.82, 2.24) is 15.0 Å². The molecule has 4 rings (SSSR count). The molecule has 3 heterocycles. The summed E-state index contributed by atoms with van der Waals surface area (Å²) in [6, 6.07) is 5.40. The number of ether oxygens (including phenoxy) is 1. The Kier molecular flexibility index (Phi) is 6.25. The highest BCUT2D eigenvalue weighted by molar-refractivity contribution is 5.94. The van der Waals surface area contributed by atoms with Crippen LogP contribution in [0.4, 0.5) is 16.2 Å². The zero-order valence-corrected chi connectivity index (χ0v) is 16.8. The maximum Gasteiger partial charge on any atom is 0.254 e. The Balaban J connectivity index is 1.31. The number of rotatable bonds is 6. The molecule has 2 fully saturated rings. The summed E-state index contributed by atoms with van der Waals surface area (Å²) in [6.45, 7) is 1.14. The molecule has 0 radical (unpaired) electrons. The van der Waals surface area contributed by atoms with Gasteiger partial charge in [-0.15, -0.1) is 0 Å². The largest absolute Gasteiger partial charge is 0.474 e. The normalized spacial score (nSPS) is 24.3. The van der Waals surface area contributed by atoms with Gasteiger partial charge in [0.25, 0.3) is 5.91 Å². The summed E-state index contributed by atoms with van der Waals surface area (Å²) in [6.07, 6.45) is 7.38. The second-order valence-corrected chi connectivity index (χ2v) is 7.88. The number of carbonyl (C=O) groups excluding carboxylic acids is 1. The van der Waals surface area contributed by atoms with Crippen LogP contribution in [0.3, 0.4) is 0 Å². The molecule has 1 amide bonds. The molecule has 9 heteroatoms. The first kappa shape index (κ1) is 20.3. The molecule has 3 N–H and O–H groups in total. The molecule has 160 valence electrons. The van der Waals surface area contributed by atoms with Crippen LogP contribution in [0.5, 0.6) is 5.88 Å². The lowest BCUT2D eigenvalue weighted by Crippen LogP contribution is -2.37. The van der Waals surface area contributed by atoms with E-state index in [1.54, 1.807) is 24.5 Å². The van der Waals surface area contributed by atoms with Crippen LogP contribution < -0.4 is 20.7 Å². The average Bonchev–Trinajstić information content (AvgIpc) is 2.76. The highest BCUT2D eigenvalue weighted by Gasteiger charge is 2.25. The smallest absolute Gasteiger partial charge is 0.254 e. The van der Waals surface area contributed by atoms with Crippen LogP contribution >= 0.6 is 0 Å². The van der Waals surface area contributed by atoms with Gasteiger partial charge in [0.1, 0.15) is 23.7 Å². The van der Waals surface area contributed by atoms with Crippen molar-refractivity contribution in [3.05, 3.63) is 36.2 Å². The summed E-state index contributed by atoms with van der Waals surface area (Å²) in [7, 11) is 0. The van der Waals surface area contributed by atoms with Crippen molar-refractivity contribution in [2.75, 3.05) is 23.3 Å². The van der Waals surface area contributed by atoms with Crippen molar-refractivity contribution >= 4 is 17.7 Å². The van der Waals surface area contributed by atoms with Gasteiger partial charge in [-0.1, -0.05) is 0 Å². The number of nitrogens with zero attached hydrogens (tertiary/aromatic N) is 4. The molecule has 1 atom stereocenters. The number of amides is 1. The minimum atomic E-state index is -0.816. The number of halogens is 1. The number of pyridine rings is 1. The molecular formula is C21H27FN6O2. The van der Waals surface area contributed by atoms with Crippen molar-refractivity contribution in [2.24, 2.45) is 5.73 Å². The molecule has 8 nitrogen and oxygen atoms in total. The highest BCUT2D eigenvalue weighted by Crippen LogP contribution is 2.27. The maximum atomic E-state index is 13.7. The second-order valence-electron chi connectivity index (χ2n) is 7.88. The van der Waals surface area contributed by atoms with E-state index in [2.05, 4.69) is 20.3 Å². The molecule has 2 aromatic rings. The summed E-state index contributed by atoms with van der Waals surface area (Å²) in [5.74, 6) is 1.09. The van der Waals surface area contributed by atoms with Gasteiger partial charge in [-0.2, -0.15) is 4.98 Å². The molecule has 1 saturated heterocycles. The van der Waals surface area contributed by atoms with Gasteiger partial charge < -0.3 is 20.7 Å². The topological polar surface area (TPSA) is 106 Å². The minimum Gasteiger partial charge on any atom is -0.474 e. The third kappa shape index (κ3) is 4.95. The monoisotopic (exact) mass is 414 g/mol. The molecule has 1 unspecified atom stereocenters. The molecule has 30 heavy (non-hydrogen) atoms. The standard InChI is InChI=1S/C21H27FN6O2/c22-14-3-2-12-28(13-14)21-25-11-9-18(27-21)26-15-5-7-16(8-6-15)30-20-17(19(23)29)4-1-10-24-20/h1,4,9-11,14-16H,2-3,5-8,12-13H2,(H2,23,29)(H,25,26,27). The number of carbonyl (C=O) groups is 1. The zero-order valence-electron chi connectivity index (χ0n) is 16.8. The van der Waals surface area contributed by atoms with Crippen molar-refractivity contribution in [3.8, 4) is 5.88 Å². The van der Waals surface area contributed by atoms with Gasteiger partial charge in [-0.25, -0.2) is 14.4 Å². The number of hydrogen-bond donors (Lipinski definition) is 2. The number of piperidine rings is 1. The minimum absolute atomic E-state index is 0.00755. The molecule has 1 saturated carbocycles. The van der Waals surface area contributed by atoms with Gasteiger partial charge in [-0.05, 0) is 56.7 Å². The second kappa shape index (κ2) is 9.23. The van der Waals surface area contributed by atoms with Gasteiger partial charge >= 0.3 is 0 Å². The quantitative estimate of drug-likeness (QED) is 0.748. The van der Waals surface area contributed by atoms with Gasteiger partial charge in [0.05, 0.1) is 6.54 Å². The molecule has 0 bridgehead atoms. The lowest BCUT2D eigenvalue weighted by molar-refractivity contribution is 0.0983. The van der Waals surface area contributed by atoms with Crippen molar-refractivity contribution in [1.29, 1.82) is 0 Å². The number of alkyl halides is 1. The summed E-state index contributed by atoms with van der Waals surface area (Å²) in [4.78, 5) is 26.5. The van der Waals surface area contributed by atoms with E-state index < -0.39 is 12.1 Å². The summed E-state index contributed by atoms with van der Waals surface area (Å²) >= 11 is 0. The van der Waals surface area contributed by atoms with Crippen LogP contribution in [-0.4, -0.2) is 52.3 Å². The molecule has 0 spiro atoms. The number of primary amides is 1. The molecule has 2 aromatic heterocycles. The number of anilines is 2. The summed E-state index contributed by atoms with van der Waals surface area (Å²) < 4.78 is 19.6. The lowest BCUT2D eigenvalue weighted by Gasteiger charge is -2.31. The van der Waals surface area contributed by atoms with Crippen LogP contribution in [0, 0.1) is 0 Å². The van der Waals surface area contributed by atoms with Crippen LogP contribution in [0.25, 0.3) is 0 Å². The van der Waals surface area contributed by atoms with E-state index in [1.807, 2.05) is 11.0 Å². The Hall–Kier alpha value is -2.97. The van der Waals surface area contributed by atoms with Crippen LogP contribution in [0.15, 0.2) is 30.6 Å². The van der Waals surface area contributed by atoms with Crippen molar-refractivity contribution in [3.63, 3.8) is 0 Å². The Labute approximate surface area is 175 Å². The summed E-state index contributed by atoms with van der Waals surface area (Å²) in [5.41, 5.74) is 5.70. The first-order chi connectivity index (χ1) is 14.6. The first-order valence-electron chi connectivity index (χ1n) is 10.5. The maximum absolute atomic E-state index is 13.7. The van der Waals surface area contributed by atoms with E-state index in [-0.39, 0.29) is 12.1 Å². The van der Waals surface area contributed by atoms with Crippen LogP contribution in [0.2, 0.25) is 0 Å². The first-order valence-corrected chi connectivity index (χ1v) is 10.5. The molecule has 1 aliphatic carbocycles. The van der Waals surface area contributed by atoms with E-state index in [0.717, 1.165) is 44.5 Å². The Morgan fingerprint density at radius 3 is 2.77 bits per heavy atom. The fourth-order valence-corrected chi connectivity index (χ4v) is 4.05. The zero-order chi connectivity index (χ0) is 20.9. The van der Waals surface area contributed by atoms with Gasteiger partial charge in [0, 0.05) is 25.0 Å². The van der Waals surface area contributed by atoms with E-state index >= 15 is 0 Å². The van der Waals surface area contributed by atoms with Crippen molar-refractivity contribution in [2.45, 2.75) is 56.8 Å². The Morgan fingerprint density at radius 1 is 1.17 bits per heavy atom. The van der Waals surface area contributed by atoms with E-state index in [4.69, 9.17) is 10.5 Å². The van der Waals surface area contributed by atoms with E-state index in [0.29, 0.717) is 30.4 Å².